The highest BCUT2D eigenvalue weighted by molar-refractivity contribution is 7.57. The van der Waals surface area contributed by atoms with Gasteiger partial charge >= 0.3 is 7.60 Å². The van der Waals surface area contributed by atoms with Gasteiger partial charge in [0.1, 0.15) is 0 Å². The fourth-order valence-corrected chi connectivity index (χ4v) is 2.74. The molecule has 0 spiro atoms. The van der Waals surface area contributed by atoms with Crippen LogP contribution in [0.25, 0.3) is 0 Å². The molecule has 1 N–H and O–H groups in total. The molecule has 0 aromatic carbocycles. The van der Waals surface area contributed by atoms with Crippen LogP contribution in [0.2, 0.25) is 0 Å². The fourth-order valence-electron chi connectivity index (χ4n) is 1.27. The second-order valence-electron chi connectivity index (χ2n) is 3.71. The van der Waals surface area contributed by atoms with Gasteiger partial charge in [0.15, 0.2) is 0 Å². The highest BCUT2D eigenvalue weighted by atomic mass is 31.2. The fraction of sp³-hybridized carbons (Fsp3) is 0.800. The highest BCUT2D eigenvalue weighted by Gasteiger charge is 2.40. The zero-order valence-electron chi connectivity index (χ0n) is 9.31. The van der Waals surface area contributed by atoms with Gasteiger partial charge < -0.3 is 14.2 Å². The van der Waals surface area contributed by atoms with Crippen LogP contribution in [0.15, 0.2) is 11.9 Å². The molecule has 1 rings (SSSR count). The lowest BCUT2D eigenvalue weighted by molar-refractivity contribution is 0.227. The summed E-state index contributed by atoms with van der Waals surface area (Å²) in [4.78, 5) is 0. The molecular formula is C10H19O4P. The molecule has 88 valence electrons. The summed E-state index contributed by atoms with van der Waals surface area (Å²) in [6.07, 6.45) is 3.66. The third kappa shape index (κ3) is 3.72. The van der Waals surface area contributed by atoms with Gasteiger partial charge in [-0.05, 0) is 26.7 Å². The molecule has 4 nitrogen and oxygen atoms in total. The van der Waals surface area contributed by atoms with Crippen LogP contribution in [0.5, 0.6) is 0 Å². The molecule has 1 saturated carbocycles. The molecule has 0 unspecified atom stereocenters. The zero-order valence-corrected chi connectivity index (χ0v) is 10.2. The summed E-state index contributed by atoms with van der Waals surface area (Å²) in [7, 11) is -3.08. The molecule has 0 atom stereocenters. The van der Waals surface area contributed by atoms with Crippen molar-refractivity contribution in [3.8, 4) is 0 Å². The number of hydrogen-bond acceptors (Lipinski definition) is 4. The molecule has 1 aliphatic rings. The molecule has 5 heteroatoms. The predicted octanol–water partition coefficient (Wildman–Crippen LogP) is 2.54. The van der Waals surface area contributed by atoms with E-state index >= 15 is 0 Å². The summed E-state index contributed by atoms with van der Waals surface area (Å²) < 4.78 is 22.2. The average Bonchev–Trinajstić information content (AvgIpc) is 2.97. The zero-order chi connectivity index (χ0) is 11.4. The van der Waals surface area contributed by atoms with Gasteiger partial charge in [-0.15, -0.1) is 0 Å². The van der Waals surface area contributed by atoms with Crippen LogP contribution in [-0.2, 0) is 13.6 Å². The smallest absolute Gasteiger partial charge is 0.353 e. The lowest BCUT2D eigenvalue weighted by Crippen LogP contribution is -2.02. The van der Waals surface area contributed by atoms with E-state index in [4.69, 9.17) is 14.2 Å². The van der Waals surface area contributed by atoms with Crippen LogP contribution in [0.1, 0.15) is 26.7 Å². The van der Waals surface area contributed by atoms with E-state index in [2.05, 4.69) is 0 Å². The first-order chi connectivity index (χ1) is 7.10. The Balaban J connectivity index is 2.61. The molecule has 0 heterocycles. The molecule has 15 heavy (non-hydrogen) atoms. The van der Waals surface area contributed by atoms with Gasteiger partial charge in [0.05, 0.1) is 19.8 Å². The van der Waals surface area contributed by atoms with E-state index in [9.17, 15) is 4.57 Å². The lowest BCUT2D eigenvalue weighted by atomic mass is 10.1. The normalized spacial score (nSPS) is 19.7. The molecule has 1 aliphatic carbocycles. The molecule has 0 aromatic rings. The summed E-state index contributed by atoms with van der Waals surface area (Å²) in [6.45, 7) is 4.36. The van der Waals surface area contributed by atoms with Gasteiger partial charge in [-0.1, -0.05) is 6.08 Å². The number of rotatable bonds is 7. The van der Waals surface area contributed by atoms with Crippen molar-refractivity contribution >= 4 is 7.60 Å². The van der Waals surface area contributed by atoms with Crippen LogP contribution in [0.4, 0.5) is 0 Å². The number of aliphatic hydroxyl groups is 1. The minimum atomic E-state index is -3.08. The largest absolute Gasteiger partial charge is 0.395 e. The van der Waals surface area contributed by atoms with Crippen molar-refractivity contribution in [3.05, 3.63) is 11.9 Å². The van der Waals surface area contributed by atoms with E-state index in [1.807, 2.05) is 0 Å². The van der Waals surface area contributed by atoms with E-state index < -0.39 is 7.60 Å². The van der Waals surface area contributed by atoms with E-state index in [1.165, 1.54) is 5.82 Å². The Hall–Kier alpha value is -0.150. The van der Waals surface area contributed by atoms with Crippen molar-refractivity contribution in [1.29, 1.82) is 0 Å². The van der Waals surface area contributed by atoms with E-state index in [0.29, 0.717) is 13.2 Å². The van der Waals surface area contributed by atoms with Gasteiger partial charge in [-0.2, -0.15) is 0 Å². The standard InChI is InChI=1S/C10H19O4P/c1-3-13-15(12,14-4-2)8-7-10(9-11)5-6-10/h7-8,11H,3-6,9H2,1-2H3/b8-7+. The monoisotopic (exact) mass is 234 g/mol. The SMILES string of the molecule is CCOP(=O)(/C=C/C1(CO)CC1)OCC. The van der Waals surface area contributed by atoms with Gasteiger partial charge in [-0.25, -0.2) is 0 Å². The Bertz CT molecular complexity index is 261. The number of aliphatic hydroxyl groups excluding tert-OH is 1. The summed E-state index contributed by atoms with van der Waals surface area (Å²) in [6, 6.07) is 0. The Morgan fingerprint density at radius 2 is 1.87 bits per heavy atom. The minimum absolute atomic E-state index is 0.0990. The van der Waals surface area contributed by atoms with Crippen molar-refractivity contribution in [2.45, 2.75) is 26.7 Å². The molecule has 0 aromatic heterocycles. The van der Waals surface area contributed by atoms with Crippen molar-refractivity contribution in [2.75, 3.05) is 19.8 Å². The summed E-state index contributed by atoms with van der Waals surface area (Å²) in [5.74, 6) is 1.49. The quantitative estimate of drug-likeness (QED) is 0.688. The molecule has 0 amide bonds. The Kier molecular flexibility index (Phi) is 4.53. The Labute approximate surface area is 90.8 Å². The van der Waals surface area contributed by atoms with Crippen molar-refractivity contribution in [2.24, 2.45) is 5.41 Å². The maximum absolute atomic E-state index is 12.0. The summed E-state index contributed by atoms with van der Waals surface area (Å²) in [5.41, 5.74) is -0.163. The first-order valence-corrected chi connectivity index (χ1v) is 6.91. The molecule has 0 radical (unpaired) electrons. The van der Waals surface area contributed by atoms with Gasteiger partial charge in [0.25, 0.3) is 0 Å². The first-order valence-electron chi connectivity index (χ1n) is 5.30. The summed E-state index contributed by atoms with van der Waals surface area (Å²) in [5, 5.41) is 9.09. The summed E-state index contributed by atoms with van der Waals surface area (Å²) >= 11 is 0. The van der Waals surface area contributed by atoms with Gasteiger partial charge in [0, 0.05) is 11.2 Å². The van der Waals surface area contributed by atoms with Crippen LogP contribution < -0.4 is 0 Å². The van der Waals surface area contributed by atoms with Crippen molar-refractivity contribution < 1.29 is 18.7 Å². The predicted molar refractivity (Wildman–Crippen MR) is 58.8 cm³/mol. The van der Waals surface area contributed by atoms with E-state index in [0.717, 1.165) is 12.8 Å². The average molecular weight is 234 g/mol. The van der Waals surface area contributed by atoms with Gasteiger partial charge in [-0.3, -0.25) is 4.57 Å². The molecule has 0 bridgehead atoms. The van der Waals surface area contributed by atoms with Crippen LogP contribution in [0.3, 0.4) is 0 Å². The Morgan fingerprint density at radius 1 is 1.33 bits per heavy atom. The van der Waals surface area contributed by atoms with Crippen LogP contribution >= 0.6 is 7.60 Å². The third-order valence-corrected chi connectivity index (χ3v) is 4.19. The highest BCUT2D eigenvalue weighted by Crippen LogP contribution is 2.54. The minimum Gasteiger partial charge on any atom is -0.395 e. The van der Waals surface area contributed by atoms with Gasteiger partial charge in [0.2, 0.25) is 0 Å². The van der Waals surface area contributed by atoms with Crippen LogP contribution in [0, 0.1) is 5.41 Å². The van der Waals surface area contributed by atoms with Crippen LogP contribution in [-0.4, -0.2) is 24.9 Å². The molecule has 0 aliphatic heterocycles. The third-order valence-electron chi connectivity index (χ3n) is 2.44. The van der Waals surface area contributed by atoms with Crippen molar-refractivity contribution in [1.82, 2.24) is 0 Å². The second-order valence-corrected chi connectivity index (χ2v) is 5.61. The molecule has 0 saturated heterocycles. The molecule has 1 fully saturated rings. The van der Waals surface area contributed by atoms with E-state index in [-0.39, 0.29) is 12.0 Å². The topological polar surface area (TPSA) is 55.8 Å². The lowest BCUT2D eigenvalue weighted by Gasteiger charge is -2.13. The molecular weight excluding hydrogens is 215 g/mol. The maximum Gasteiger partial charge on any atom is 0.353 e. The first kappa shape index (κ1) is 12.9. The second kappa shape index (κ2) is 5.26. The van der Waals surface area contributed by atoms with Crippen molar-refractivity contribution in [3.63, 3.8) is 0 Å². The van der Waals surface area contributed by atoms with E-state index in [1.54, 1.807) is 19.9 Å². The number of hydrogen-bond donors (Lipinski definition) is 1. The maximum atomic E-state index is 12.0. The Morgan fingerprint density at radius 3 is 2.20 bits per heavy atom.